The van der Waals surface area contributed by atoms with Crippen molar-refractivity contribution >= 4 is 29.8 Å². The number of carbonyl (C=O) groups excluding carboxylic acids is 5. The van der Waals surface area contributed by atoms with Gasteiger partial charge in [0.15, 0.2) is 37.4 Å². The van der Waals surface area contributed by atoms with Crippen LogP contribution in [0.5, 0.6) is 0 Å². The summed E-state index contributed by atoms with van der Waals surface area (Å²) in [5.41, 5.74) is 0. The largest absolute Gasteiger partial charge is 0.469 e. The number of hydrogen-bond donors (Lipinski definition) is 3. The minimum Gasteiger partial charge on any atom is -0.469 e. The van der Waals surface area contributed by atoms with Gasteiger partial charge in [0.25, 0.3) is 0 Å². The van der Waals surface area contributed by atoms with Crippen LogP contribution in [0.1, 0.15) is 27.2 Å². The molecule has 3 heterocycles. The Kier molecular flexibility index (Phi) is 23.2. The summed E-state index contributed by atoms with van der Waals surface area (Å²) < 4.78 is 102. The fraction of sp³-hybridized carbons (Fsp3) is 0.872. The van der Waals surface area contributed by atoms with Gasteiger partial charge < -0.3 is 101 Å². The fourth-order valence-electron chi connectivity index (χ4n) is 7.58. The van der Waals surface area contributed by atoms with Crippen LogP contribution < -0.4 is 0 Å². The summed E-state index contributed by atoms with van der Waals surface area (Å²) in [6, 6.07) is 0. The monoisotopic (exact) mass is 948 g/mol. The lowest BCUT2D eigenvalue weighted by molar-refractivity contribution is -0.367. The van der Waals surface area contributed by atoms with Gasteiger partial charge in [-0.05, 0) is 0 Å². The van der Waals surface area contributed by atoms with Crippen LogP contribution in [0.4, 0.5) is 0 Å². The predicted molar refractivity (Wildman–Crippen MR) is 208 cm³/mol. The lowest BCUT2D eigenvalue weighted by Gasteiger charge is -2.48. The van der Waals surface area contributed by atoms with E-state index >= 15 is 0 Å². The molecular formula is C39H64O26. The summed E-state index contributed by atoms with van der Waals surface area (Å²) in [5, 5.41) is 34.0. The molecule has 3 N–H and O–H groups in total. The van der Waals surface area contributed by atoms with E-state index in [0.29, 0.717) is 0 Å². The Morgan fingerprint density at radius 2 is 1.08 bits per heavy atom. The van der Waals surface area contributed by atoms with Crippen LogP contribution in [-0.4, -0.2) is 239 Å². The van der Waals surface area contributed by atoms with Gasteiger partial charge in [-0.25, -0.2) is 4.79 Å². The molecule has 0 radical (unpaired) electrons. The Morgan fingerprint density at radius 3 is 1.55 bits per heavy atom. The van der Waals surface area contributed by atoms with E-state index in [9.17, 15) is 39.3 Å². The highest BCUT2D eigenvalue weighted by atomic mass is 16.8. The minimum absolute atomic E-state index is 0.375. The number of aliphatic hydroxyl groups is 3. The lowest BCUT2D eigenvalue weighted by atomic mass is 9.96. The van der Waals surface area contributed by atoms with Gasteiger partial charge in [-0.15, -0.1) is 0 Å². The zero-order valence-electron chi connectivity index (χ0n) is 38.3. The Bertz CT molecular complexity index is 1500. The standard InChI is InChI=1S/C39H64O26/c1-16(40)57-14-20-26(63-39-34(53-9)29(50-6)24(45)31(65-39)35(47)54-10)23(44)32(59-18(3)42)38(62-20)60-19(13-22(43)48-4)27(49-5)33(52-8)37(56-12)64-28-21(15-58-17(2)41)61-36(55-11)25(46)30(28)51-7/h19-21,23-34,36-39,44-46H,13-15H2,1-12H3/t19-,20?,21?,23?,24-,25?,26+,27?,28+,29?,30+,31?,32?,33-,34-,36-,37-,38+,39+/m0/s1. The molecule has 0 aromatic heterocycles. The van der Waals surface area contributed by atoms with E-state index in [1.165, 1.54) is 56.7 Å². The van der Waals surface area contributed by atoms with Gasteiger partial charge in [0, 0.05) is 70.5 Å². The van der Waals surface area contributed by atoms with Crippen LogP contribution in [0.3, 0.4) is 0 Å². The van der Waals surface area contributed by atoms with Gasteiger partial charge >= 0.3 is 29.8 Å². The molecule has 0 amide bonds. The molecule has 3 rings (SSSR count). The highest BCUT2D eigenvalue weighted by molar-refractivity contribution is 5.75. The second-order valence-corrected chi connectivity index (χ2v) is 14.7. The van der Waals surface area contributed by atoms with Crippen molar-refractivity contribution in [1.82, 2.24) is 0 Å². The molecule has 3 aliphatic heterocycles. The summed E-state index contributed by atoms with van der Waals surface area (Å²) in [5.74, 6) is -4.24. The molecule has 65 heavy (non-hydrogen) atoms. The van der Waals surface area contributed by atoms with E-state index in [2.05, 4.69) is 0 Å². The van der Waals surface area contributed by atoms with Gasteiger partial charge in [-0.2, -0.15) is 0 Å². The fourth-order valence-corrected chi connectivity index (χ4v) is 7.58. The van der Waals surface area contributed by atoms with E-state index in [-0.39, 0.29) is 6.61 Å². The first-order valence-electron chi connectivity index (χ1n) is 20.1. The van der Waals surface area contributed by atoms with E-state index in [4.69, 9.17) is 85.3 Å². The molecule has 26 heteroatoms. The molecule has 0 bridgehead atoms. The molecular weight excluding hydrogens is 884 g/mol. The van der Waals surface area contributed by atoms with Crippen molar-refractivity contribution in [2.75, 3.05) is 77.2 Å². The van der Waals surface area contributed by atoms with E-state index in [1.54, 1.807) is 0 Å². The summed E-state index contributed by atoms with van der Waals surface area (Å²) >= 11 is 0. The summed E-state index contributed by atoms with van der Waals surface area (Å²) in [7, 11) is 10.9. The number of rotatable bonds is 24. The van der Waals surface area contributed by atoms with Crippen LogP contribution in [0, 0.1) is 0 Å². The van der Waals surface area contributed by atoms with Crippen LogP contribution >= 0.6 is 0 Å². The van der Waals surface area contributed by atoms with Crippen molar-refractivity contribution in [2.24, 2.45) is 0 Å². The van der Waals surface area contributed by atoms with Crippen LogP contribution in [0.15, 0.2) is 0 Å². The number of aliphatic hydroxyl groups excluding tert-OH is 3. The topological polar surface area (TPSA) is 312 Å². The number of hydrogen-bond acceptors (Lipinski definition) is 26. The summed E-state index contributed by atoms with van der Waals surface area (Å²) in [6.45, 7) is 2.29. The van der Waals surface area contributed by atoms with Crippen molar-refractivity contribution < 1.29 is 125 Å². The lowest BCUT2D eigenvalue weighted by Crippen LogP contribution is -2.66. The predicted octanol–water partition coefficient (Wildman–Crippen LogP) is -3.11. The third-order valence-corrected chi connectivity index (χ3v) is 10.7. The number of carbonyl (C=O) groups is 5. The molecule has 0 spiro atoms. The Hall–Kier alpha value is -3.29. The minimum atomic E-state index is -1.94. The smallest absolute Gasteiger partial charge is 0.337 e. The maximum absolute atomic E-state index is 13.1. The molecule has 0 saturated carbocycles. The van der Waals surface area contributed by atoms with Gasteiger partial charge in [0.2, 0.25) is 0 Å². The normalized spacial score (nSPS) is 34.6. The maximum atomic E-state index is 13.1. The quantitative estimate of drug-likeness (QED) is 0.0490. The van der Waals surface area contributed by atoms with Crippen molar-refractivity contribution in [1.29, 1.82) is 0 Å². The third-order valence-electron chi connectivity index (χ3n) is 10.7. The first-order valence-corrected chi connectivity index (χ1v) is 20.1. The molecule has 8 unspecified atom stereocenters. The van der Waals surface area contributed by atoms with Gasteiger partial charge in [-0.1, -0.05) is 0 Å². The number of methoxy groups -OCH3 is 9. The molecule has 3 saturated heterocycles. The van der Waals surface area contributed by atoms with Crippen molar-refractivity contribution in [3.05, 3.63) is 0 Å². The summed E-state index contributed by atoms with van der Waals surface area (Å²) in [6.07, 6.45) is -28.8. The first-order chi connectivity index (χ1) is 30.9. The SMILES string of the molecule is COC(=O)C[C@H](O[C@@H]1OC(COC(C)=O)[C@@H](O[C@@H]2OC(C(=O)OC)[C@@H](O)C(OC)[C@@H]2OC)C(O)C1OC(C)=O)C(OC)[C@H](OC)[C@@H](OC)O[C@@H]1C(COC(C)=O)O[C@H](OC)C(O)[C@H]1OC. The zero-order valence-corrected chi connectivity index (χ0v) is 38.3. The van der Waals surface area contributed by atoms with Gasteiger partial charge in [0.05, 0.1) is 20.6 Å². The Labute approximate surface area is 375 Å². The highest BCUT2D eigenvalue weighted by Crippen LogP contribution is 2.35. The van der Waals surface area contributed by atoms with Crippen molar-refractivity contribution in [2.45, 2.75) is 144 Å². The van der Waals surface area contributed by atoms with Gasteiger partial charge in [-0.3, -0.25) is 19.2 Å². The van der Waals surface area contributed by atoms with Crippen molar-refractivity contribution in [3.8, 4) is 0 Å². The number of esters is 5. The second kappa shape index (κ2) is 26.9. The highest BCUT2D eigenvalue weighted by Gasteiger charge is 2.56. The van der Waals surface area contributed by atoms with Crippen molar-refractivity contribution in [3.63, 3.8) is 0 Å². The average molecular weight is 949 g/mol. The Balaban J connectivity index is 2.08. The van der Waals surface area contributed by atoms with Crippen LogP contribution in [0.25, 0.3) is 0 Å². The molecule has 19 atom stereocenters. The second-order valence-electron chi connectivity index (χ2n) is 14.7. The summed E-state index contributed by atoms with van der Waals surface area (Å²) in [4.78, 5) is 62.3. The zero-order chi connectivity index (χ0) is 48.7. The first kappa shape index (κ1) is 56.0. The molecule has 3 aliphatic rings. The van der Waals surface area contributed by atoms with E-state index < -0.39 is 160 Å². The molecule has 0 aromatic rings. The number of ether oxygens (including phenoxy) is 18. The molecule has 0 aromatic carbocycles. The third kappa shape index (κ3) is 14.4. The average Bonchev–Trinajstić information content (AvgIpc) is 3.27. The van der Waals surface area contributed by atoms with Gasteiger partial charge in [0.1, 0.15) is 92.6 Å². The molecule has 376 valence electrons. The molecule has 0 aliphatic carbocycles. The molecule has 3 fully saturated rings. The maximum Gasteiger partial charge on any atom is 0.337 e. The Morgan fingerprint density at radius 1 is 0.523 bits per heavy atom. The molecule has 26 nitrogen and oxygen atoms in total. The van der Waals surface area contributed by atoms with E-state index in [1.807, 2.05) is 0 Å². The van der Waals surface area contributed by atoms with E-state index in [0.717, 1.165) is 28.1 Å². The van der Waals surface area contributed by atoms with Crippen LogP contribution in [-0.2, 0) is 109 Å². The van der Waals surface area contributed by atoms with Crippen LogP contribution in [0.2, 0.25) is 0 Å².